The average molecular weight is 456 g/mol. The zero-order valence-corrected chi connectivity index (χ0v) is 17.9. The molecule has 1 aliphatic heterocycles. The molecular formula is C22H15Cl2N3O2S. The number of thiocarbonyl (C=S) groups is 1. The van der Waals surface area contributed by atoms with Crippen LogP contribution in [0.4, 0.5) is 5.69 Å². The van der Waals surface area contributed by atoms with E-state index >= 15 is 0 Å². The lowest BCUT2D eigenvalue weighted by Gasteiger charge is -2.29. The fourth-order valence-electron chi connectivity index (χ4n) is 3.38. The van der Waals surface area contributed by atoms with Crippen LogP contribution < -0.4 is 10.2 Å². The highest BCUT2D eigenvalue weighted by Gasteiger charge is 2.35. The highest BCUT2D eigenvalue weighted by Crippen LogP contribution is 2.34. The Hall–Kier alpha value is -2.93. The van der Waals surface area contributed by atoms with Crippen LogP contribution in [0.5, 0.6) is 0 Å². The number of nitrogens with one attached hydrogen (secondary N) is 1. The SMILES string of the molecule is C=CCn1cc(/C=C2\C(=O)NC(=S)N(c3cccc(Cl)c3Cl)C2=O)c2ccccc21. The Labute approximate surface area is 188 Å². The zero-order chi connectivity index (χ0) is 21.4. The Balaban J connectivity index is 1.84. The molecule has 8 heteroatoms. The first-order chi connectivity index (χ1) is 14.4. The van der Waals surface area contributed by atoms with Crippen molar-refractivity contribution in [3.8, 4) is 0 Å². The number of halogens is 2. The molecule has 0 spiro atoms. The zero-order valence-electron chi connectivity index (χ0n) is 15.6. The molecule has 1 saturated heterocycles. The van der Waals surface area contributed by atoms with E-state index in [-0.39, 0.29) is 20.7 Å². The fraction of sp³-hybridized carbons (Fsp3) is 0.0455. The van der Waals surface area contributed by atoms with Gasteiger partial charge >= 0.3 is 0 Å². The maximum Gasteiger partial charge on any atom is 0.270 e. The van der Waals surface area contributed by atoms with Crippen molar-refractivity contribution in [2.24, 2.45) is 0 Å². The lowest BCUT2D eigenvalue weighted by Crippen LogP contribution is -2.54. The van der Waals surface area contributed by atoms with Crippen LogP contribution in [0.2, 0.25) is 10.0 Å². The van der Waals surface area contributed by atoms with Crippen LogP contribution in [0.25, 0.3) is 17.0 Å². The number of hydrogen-bond donors (Lipinski definition) is 1. The highest BCUT2D eigenvalue weighted by atomic mass is 35.5. The van der Waals surface area contributed by atoms with Gasteiger partial charge in [0.05, 0.1) is 15.7 Å². The minimum atomic E-state index is -0.575. The van der Waals surface area contributed by atoms with Crippen molar-refractivity contribution in [1.29, 1.82) is 0 Å². The second kappa shape index (κ2) is 8.07. The van der Waals surface area contributed by atoms with E-state index in [0.29, 0.717) is 12.2 Å². The Kier molecular flexibility index (Phi) is 5.47. The summed E-state index contributed by atoms with van der Waals surface area (Å²) < 4.78 is 2.00. The molecule has 0 aliphatic carbocycles. The summed E-state index contributed by atoms with van der Waals surface area (Å²) in [5.74, 6) is -1.14. The molecule has 1 N–H and O–H groups in total. The van der Waals surface area contributed by atoms with Crippen molar-refractivity contribution in [2.75, 3.05) is 4.90 Å². The number of benzene rings is 2. The number of hydrogen-bond acceptors (Lipinski definition) is 3. The van der Waals surface area contributed by atoms with E-state index in [4.69, 9.17) is 35.4 Å². The summed E-state index contributed by atoms with van der Waals surface area (Å²) in [5, 5.41) is 3.87. The van der Waals surface area contributed by atoms with Crippen molar-refractivity contribution in [2.45, 2.75) is 6.54 Å². The molecule has 0 unspecified atom stereocenters. The van der Waals surface area contributed by atoms with Gasteiger partial charge in [0, 0.05) is 29.2 Å². The smallest absolute Gasteiger partial charge is 0.270 e. The van der Waals surface area contributed by atoms with Crippen molar-refractivity contribution in [1.82, 2.24) is 9.88 Å². The van der Waals surface area contributed by atoms with Crippen LogP contribution in [0, 0.1) is 0 Å². The minimum Gasteiger partial charge on any atom is -0.343 e. The minimum absolute atomic E-state index is 0.0545. The number of carbonyl (C=O) groups is 2. The van der Waals surface area contributed by atoms with Crippen LogP contribution in [-0.4, -0.2) is 21.5 Å². The van der Waals surface area contributed by atoms with Gasteiger partial charge in [-0.05, 0) is 36.5 Å². The first-order valence-corrected chi connectivity index (χ1v) is 10.1. The van der Waals surface area contributed by atoms with Gasteiger partial charge in [-0.2, -0.15) is 0 Å². The van der Waals surface area contributed by atoms with Crippen LogP contribution in [0.1, 0.15) is 5.56 Å². The van der Waals surface area contributed by atoms with Crippen LogP contribution >= 0.6 is 35.4 Å². The van der Waals surface area contributed by atoms with E-state index in [0.717, 1.165) is 16.5 Å². The molecule has 150 valence electrons. The number of amides is 2. The predicted octanol–water partition coefficient (Wildman–Crippen LogP) is 4.97. The predicted molar refractivity (Wildman–Crippen MR) is 125 cm³/mol. The number of fused-ring (bicyclic) bond motifs is 1. The normalized spacial score (nSPS) is 15.7. The third-order valence-electron chi connectivity index (χ3n) is 4.72. The largest absolute Gasteiger partial charge is 0.343 e. The van der Waals surface area contributed by atoms with Gasteiger partial charge in [0.25, 0.3) is 11.8 Å². The van der Waals surface area contributed by atoms with Gasteiger partial charge in [-0.15, -0.1) is 6.58 Å². The standard InChI is InChI=1S/C22H15Cl2N3O2S/c1-2-10-26-12-13(14-6-3-4-8-17(14)26)11-15-20(28)25-22(30)27(21(15)29)18-9-5-7-16(23)19(18)24/h2-9,11-12H,1,10H2,(H,25,28,30)/b15-11+. The first kappa shape index (κ1) is 20.3. The molecular weight excluding hydrogens is 441 g/mol. The number of allylic oxidation sites excluding steroid dienone is 1. The Morgan fingerprint density at radius 1 is 1.10 bits per heavy atom. The van der Waals surface area contributed by atoms with Crippen LogP contribution in [0.15, 0.2) is 66.9 Å². The molecule has 2 heterocycles. The van der Waals surface area contributed by atoms with Crippen LogP contribution in [-0.2, 0) is 16.1 Å². The molecule has 2 amide bonds. The third kappa shape index (κ3) is 3.43. The van der Waals surface area contributed by atoms with Gasteiger partial charge in [0.1, 0.15) is 5.57 Å². The Bertz CT molecular complexity index is 1260. The van der Waals surface area contributed by atoms with E-state index in [1.807, 2.05) is 35.0 Å². The van der Waals surface area contributed by atoms with E-state index < -0.39 is 11.8 Å². The van der Waals surface area contributed by atoms with Crippen molar-refractivity contribution >= 4 is 75.0 Å². The molecule has 5 nitrogen and oxygen atoms in total. The molecule has 1 aromatic heterocycles. The van der Waals surface area contributed by atoms with Crippen LogP contribution in [0.3, 0.4) is 0 Å². The molecule has 1 aliphatic rings. The van der Waals surface area contributed by atoms with Crippen molar-refractivity contribution in [3.05, 3.63) is 82.5 Å². The summed E-state index contributed by atoms with van der Waals surface area (Å²) in [4.78, 5) is 27.1. The number of nitrogens with zero attached hydrogens (tertiary/aromatic N) is 2. The van der Waals surface area contributed by atoms with Gasteiger partial charge in [-0.3, -0.25) is 19.8 Å². The molecule has 1 fully saturated rings. The maximum absolute atomic E-state index is 13.3. The Morgan fingerprint density at radius 3 is 2.63 bits per heavy atom. The van der Waals surface area contributed by atoms with Gasteiger partial charge in [0.15, 0.2) is 5.11 Å². The van der Waals surface area contributed by atoms with E-state index in [2.05, 4.69) is 11.9 Å². The summed E-state index contributed by atoms with van der Waals surface area (Å²) in [5.41, 5.74) is 1.95. The molecule has 0 radical (unpaired) electrons. The number of aromatic nitrogens is 1. The first-order valence-electron chi connectivity index (χ1n) is 8.96. The Morgan fingerprint density at radius 2 is 1.87 bits per heavy atom. The van der Waals surface area contributed by atoms with Gasteiger partial charge in [-0.25, -0.2) is 0 Å². The molecule has 30 heavy (non-hydrogen) atoms. The van der Waals surface area contributed by atoms with Crippen molar-refractivity contribution in [3.63, 3.8) is 0 Å². The number of anilines is 1. The lowest BCUT2D eigenvalue weighted by atomic mass is 10.1. The second-order valence-corrected chi connectivity index (χ2v) is 7.75. The lowest BCUT2D eigenvalue weighted by molar-refractivity contribution is -0.122. The molecule has 0 bridgehead atoms. The quantitative estimate of drug-likeness (QED) is 0.261. The molecule has 2 aromatic carbocycles. The summed E-state index contributed by atoms with van der Waals surface area (Å²) in [6.45, 7) is 4.38. The van der Waals surface area contributed by atoms with Gasteiger partial charge in [-0.1, -0.05) is 53.5 Å². The second-order valence-electron chi connectivity index (χ2n) is 6.57. The molecule has 4 rings (SSSR count). The summed E-state index contributed by atoms with van der Waals surface area (Å²) in [7, 11) is 0. The number of para-hydroxylation sites is 1. The fourth-order valence-corrected chi connectivity index (χ4v) is 4.03. The van der Waals surface area contributed by atoms with Gasteiger partial charge < -0.3 is 4.57 Å². The van der Waals surface area contributed by atoms with Gasteiger partial charge in [0.2, 0.25) is 0 Å². The maximum atomic E-state index is 13.3. The monoisotopic (exact) mass is 455 g/mol. The number of rotatable bonds is 4. The number of carbonyl (C=O) groups excluding carboxylic acids is 2. The topological polar surface area (TPSA) is 54.3 Å². The average Bonchev–Trinajstić information content (AvgIpc) is 3.06. The summed E-state index contributed by atoms with van der Waals surface area (Å²) in [6, 6.07) is 12.6. The van der Waals surface area contributed by atoms with Crippen molar-refractivity contribution < 1.29 is 9.59 Å². The van der Waals surface area contributed by atoms with E-state index in [1.165, 1.54) is 4.90 Å². The summed E-state index contributed by atoms with van der Waals surface area (Å²) in [6.07, 6.45) is 5.22. The third-order valence-corrected chi connectivity index (χ3v) is 5.81. The molecule has 0 atom stereocenters. The van der Waals surface area contributed by atoms with E-state index in [1.54, 1.807) is 30.4 Å². The summed E-state index contributed by atoms with van der Waals surface area (Å²) >= 11 is 17.6. The highest BCUT2D eigenvalue weighted by molar-refractivity contribution is 7.80. The van der Waals surface area contributed by atoms with E-state index in [9.17, 15) is 9.59 Å². The molecule has 3 aromatic rings. The molecule has 0 saturated carbocycles.